The standard InChI is InChI=1S/C16H23N3OS/c20-16-17-8-10-19(16)14-5-4-9-18(13-14)11-12-21-15-6-2-1-3-7-15/h1-3,6-7,14H,4-5,8-13H2,(H,17,20)/t14-/m1/s1. The number of carbonyl (C=O) groups excluding carboxylic acids is 1. The molecule has 2 saturated heterocycles. The number of thioether (sulfide) groups is 1. The molecule has 21 heavy (non-hydrogen) atoms. The van der Waals surface area contributed by atoms with Crippen molar-refractivity contribution in [1.29, 1.82) is 0 Å². The van der Waals surface area contributed by atoms with E-state index in [0.717, 1.165) is 38.4 Å². The van der Waals surface area contributed by atoms with E-state index in [-0.39, 0.29) is 6.03 Å². The van der Waals surface area contributed by atoms with Gasteiger partial charge in [-0.25, -0.2) is 4.79 Å². The van der Waals surface area contributed by atoms with Crippen LogP contribution in [0.25, 0.3) is 0 Å². The Kier molecular flexibility index (Phi) is 5.04. The third-order valence-electron chi connectivity index (χ3n) is 4.23. The zero-order chi connectivity index (χ0) is 14.5. The molecule has 1 N–H and O–H groups in total. The van der Waals surface area contributed by atoms with Crippen LogP contribution in [0.1, 0.15) is 12.8 Å². The fraction of sp³-hybridized carbons (Fsp3) is 0.562. The molecule has 3 rings (SSSR count). The molecule has 0 aromatic heterocycles. The summed E-state index contributed by atoms with van der Waals surface area (Å²) in [5, 5.41) is 2.91. The molecule has 2 aliphatic heterocycles. The Bertz CT molecular complexity index is 468. The van der Waals surface area contributed by atoms with Crippen LogP contribution in [0.2, 0.25) is 0 Å². The maximum Gasteiger partial charge on any atom is 0.317 e. The highest BCUT2D eigenvalue weighted by Gasteiger charge is 2.30. The summed E-state index contributed by atoms with van der Waals surface area (Å²) in [7, 11) is 0. The van der Waals surface area contributed by atoms with Crippen molar-refractivity contribution >= 4 is 17.8 Å². The first-order valence-corrected chi connectivity index (χ1v) is 8.76. The number of rotatable bonds is 5. The van der Waals surface area contributed by atoms with E-state index in [1.807, 2.05) is 16.7 Å². The average molecular weight is 305 g/mol. The number of benzene rings is 1. The van der Waals surface area contributed by atoms with Gasteiger partial charge in [-0.1, -0.05) is 18.2 Å². The highest BCUT2D eigenvalue weighted by Crippen LogP contribution is 2.20. The molecule has 1 aromatic carbocycles. The molecule has 0 saturated carbocycles. The Morgan fingerprint density at radius 1 is 1.24 bits per heavy atom. The molecule has 0 spiro atoms. The van der Waals surface area contributed by atoms with Gasteiger partial charge in [0.15, 0.2) is 0 Å². The van der Waals surface area contributed by atoms with E-state index >= 15 is 0 Å². The third-order valence-corrected chi connectivity index (χ3v) is 5.22. The summed E-state index contributed by atoms with van der Waals surface area (Å²) in [5.74, 6) is 1.11. The SMILES string of the molecule is O=C1NCCN1[C@@H]1CCCN(CCSc2ccccc2)C1. The van der Waals surface area contributed by atoms with Crippen molar-refractivity contribution in [3.63, 3.8) is 0 Å². The number of likely N-dealkylation sites (tertiary alicyclic amines) is 1. The molecule has 0 radical (unpaired) electrons. The smallest absolute Gasteiger partial charge is 0.317 e. The lowest BCUT2D eigenvalue weighted by atomic mass is 10.0. The lowest BCUT2D eigenvalue weighted by Gasteiger charge is -2.37. The van der Waals surface area contributed by atoms with E-state index in [1.165, 1.54) is 17.9 Å². The second kappa shape index (κ2) is 7.18. The molecular weight excluding hydrogens is 282 g/mol. The molecule has 0 aliphatic carbocycles. The number of nitrogens with one attached hydrogen (secondary N) is 1. The van der Waals surface area contributed by atoms with Gasteiger partial charge in [0, 0.05) is 42.9 Å². The summed E-state index contributed by atoms with van der Waals surface area (Å²) < 4.78 is 0. The Morgan fingerprint density at radius 3 is 2.86 bits per heavy atom. The van der Waals surface area contributed by atoms with Gasteiger partial charge in [-0.2, -0.15) is 0 Å². The predicted molar refractivity (Wildman–Crippen MR) is 86.7 cm³/mol. The van der Waals surface area contributed by atoms with Crippen LogP contribution >= 0.6 is 11.8 Å². The van der Waals surface area contributed by atoms with E-state index in [1.54, 1.807) is 0 Å². The Balaban J connectivity index is 1.44. The summed E-state index contributed by atoms with van der Waals surface area (Å²) in [6, 6.07) is 11.1. The molecule has 2 fully saturated rings. The lowest BCUT2D eigenvalue weighted by Crippen LogP contribution is -2.49. The predicted octanol–water partition coefficient (Wildman–Crippen LogP) is 2.27. The van der Waals surface area contributed by atoms with Crippen LogP contribution in [-0.4, -0.2) is 60.3 Å². The minimum absolute atomic E-state index is 0.125. The van der Waals surface area contributed by atoms with Gasteiger partial charge in [-0.3, -0.25) is 0 Å². The highest BCUT2D eigenvalue weighted by atomic mass is 32.2. The maximum absolute atomic E-state index is 11.8. The summed E-state index contributed by atoms with van der Waals surface area (Å²) in [6.07, 6.45) is 2.35. The van der Waals surface area contributed by atoms with Crippen LogP contribution in [0.4, 0.5) is 4.79 Å². The molecule has 2 amide bonds. The van der Waals surface area contributed by atoms with E-state index in [2.05, 4.69) is 40.5 Å². The van der Waals surface area contributed by atoms with Crippen molar-refractivity contribution in [2.24, 2.45) is 0 Å². The number of urea groups is 1. The number of carbonyl (C=O) groups is 1. The number of piperidine rings is 1. The fourth-order valence-electron chi connectivity index (χ4n) is 3.13. The molecule has 0 unspecified atom stereocenters. The number of hydrogen-bond acceptors (Lipinski definition) is 3. The minimum Gasteiger partial charge on any atom is -0.336 e. The first-order chi connectivity index (χ1) is 10.3. The summed E-state index contributed by atoms with van der Waals surface area (Å²) in [4.78, 5) is 17.6. The quantitative estimate of drug-likeness (QED) is 0.848. The zero-order valence-corrected chi connectivity index (χ0v) is 13.1. The van der Waals surface area contributed by atoms with Crippen molar-refractivity contribution in [3.05, 3.63) is 30.3 Å². The van der Waals surface area contributed by atoms with Crippen molar-refractivity contribution in [2.75, 3.05) is 38.5 Å². The monoisotopic (exact) mass is 305 g/mol. The molecule has 1 atom stereocenters. The second-order valence-electron chi connectivity index (χ2n) is 5.68. The molecule has 114 valence electrons. The molecule has 5 heteroatoms. The van der Waals surface area contributed by atoms with Crippen LogP contribution in [0.5, 0.6) is 0 Å². The van der Waals surface area contributed by atoms with Gasteiger partial charge in [-0.05, 0) is 31.5 Å². The van der Waals surface area contributed by atoms with Crippen LogP contribution in [0.3, 0.4) is 0 Å². The van der Waals surface area contributed by atoms with E-state index in [9.17, 15) is 4.79 Å². The summed E-state index contributed by atoms with van der Waals surface area (Å²) in [5.41, 5.74) is 0. The van der Waals surface area contributed by atoms with Crippen LogP contribution in [-0.2, 0) is 0 Å². The van der Waals surface area contributed by atoms with Gasteiger partial charge >= 0.3 is 6.03 Å². The lowest BCUT2D eigenvalue weighted by molar-refractivity contribution is 0.131. The first-order valence-electron chi connectivity index (χ1n) is 7.77. The van der Waals surface area contributed by atoms with Crippen molar-refractivity contribution in [2.45, 2.75) is 23.8 Å². The number of nitrogens with zero attached hydrogens (tertiary/aromatic N) is 2. The molecule has 4 nitrogen and oxygen atoms in total. The van der Waals surface area contributed by atoms with E-state index < -0.39 is 0 Å². The summed E-state index contributed by atoms with van der Waals surface area (Å²) >= 11 is 1.91. The Morgan fingerprint density at radius 2 is 2.10 bits per heavy atom. The largest absolute Gasteiger partial charge is 0.336 e. The Hall–Kier alpha value is -1.20. The van der Waals surface area contributed by atoms with Gasteiger partial charge in [-0.15, -0.1) is 11.8 Å². The van der Waals surface area contributed by atoms with Crippen molar-refractivity contribution in [1.82, 2.24) is 15.1 Å². The van der Waals surface area contributed by atoms with Crippen LogP contribution in [0, 0.1) is 0 Å². The molecule has 2 aliphatic rings. The molecular formula is C16H23N3OS. The normalized spacial score (nSPS) is 23.3. The van der Waals surface area contributed by atoms with Crippen molar-refractivity contribution < 1.29 is 4.79 Å². The van der Waals surface area contributed by atoms with Gasteiger partial charge in [0.1, 0.15) is 0 Å². The number of amides is 2. The van der Waals surface area contributed by atoms with Crippen molar-refractivity contribution in [3.8, 4) is 0 Å². The van der Waals surface area contributed by atoms with Gasteiger partial charge in [0.05, 0.1) is 0 Å². The van der Waals surface area contributed by atoms with Gasteiger partial charge in [0.2, 0.25) is 0 Å². The maximum atomic E-state index is 11.8. The fourth-order valence-corrected chi connectivity index (χ4v) is 4.07. The highest BCUT2D eigenvalue weighted by molar-refractivity contribution is 7.99. The first kappa shape index (κ1) is 14.7. The average Bonchev–Trinajstić information content (AvgIpc) is 2.95. The minimum atomic E-state index is 0.125. The molecule has 1 aromatic rings. The molecule has 0 bridgehead atoms. The zero-order valence-electron chi connectivity index (χ0n) is 12.3. The molecule has 2 heterocycles. The van der Waals surface area contributed by atoms with E-state index in [4.69, 9.17) is 0 Å². The Labute approximate surface area is 130 Å². The second-order valence-corrected chi connectivity index (χ2v) is 6.85. The number of hydrogen-bond donors (Lipinski definition) is 1. The third kappa shape index (κ3) is 3.92. The van der Waals surface area contributed by atoms with Crippen LogP contribution < -0.4 is 5.32 Å². The van der Waals surface area contributed by atoms with Gasteiger partial charge in [0.25, 0.3) is 0 Å². The van der Waals surface area contributed by atoms with Crippen LogP contribution in [0.15, 0.2) is 35.2 Å². The van der Waals surface area contributed by atoms with Gasteiger partial charge < -0.3 is 15.1 Å². The topological polar surface area (TPSA) is 35.6 Å². The summed E-state index contributed by atoms with van der Waals surface area (Å²) in [6.45, 7) is 4.98. The van der Waals surface area contributed by atoms with E-state index in [0.29, 0.717) is 6.04 Å².